The predicted octanol–water partition coefficient (Wildman–Crippen LogP) is 7.76. The maximum atomic E-state index is 6.07. The number of hydrogen-bond donors (Lipinski definition) is 0. The fourth-order valence-electron chi connectivity index (χ4n) is 5.94. The van der Waals surface area contributed by atoms with Crippen molar-refractivity contribution in [1.29, 1.82) is 0 Å². The van der Waals surface area contributed by atoms with Gasteiger partial charge in [0.1, 0.15) is 5.75 Å². The van der Waals surface area contributed by atoms with Crippen LogP contribution in [0.25, 0.3) is 0 Å². The molecule has 0 amide bonds. The van der Waals surface area contributed by atoms with E-state index in [-0.39, 0.29) is 12.2 Å². The molecule has 1 aromatic rings. The van der Waals surface area contributed by atoms with Crippen LogP contribution in [0.3, 0.4) is 0 Å². The van der Waals surface area contributed by atoms with Crippen LogP contribution in [0.15, 0.2) is 24.3 Å². The Morgan fingerprint density at radius 1 is 0.828 bits per heavy atom. The Bertz CT molecular complexity index is 565. The van der Waals surface area contributed by atoms with E-state index in [9.17, 15) is 0 Å². The van der Waals surface area contributed by atoms with Crippen molar-refractivity contribution in [3.63, 3.8) is 0 Å². The second-order valence-corrected chi connectivity index (χ2v) is 9.96. The maximum absolute atomic E-state index is 6.07. The number of ether oxygens (including phenoxy) is 2. The van der Waals surface area contributed by atoms with Gasteiger partial charge in [-0.25, -0.2) is 0 Å². The standard InChI is InChI=1S/C27H44O2/c1-5-6-22-7-9-23(10-8-22)24-11-13-25(14-12-24)26-15-17-27(18-16-26)29-21(3)19-20(2)28-4/h15-18,20-25H,5-14,19H2,1-4H3/t20-,21+,22?,23?,24?,25?/m0/s1. The minimum absolute atomic E-state index is 0.179. The molecule has 2 saturated carbocycles. The van der Waals surface area contributed by atoms with E-state index in [2.05, 4.69) is 45.0 Å². The average molecular weight is 401 g/mol. The normalized spacial score (nSPS) is 29.9. The molecule has 164 valence electrons. The van der Waals surface area contributed by atoms with E-state index in [1.165, 1.54) is 69.8 Å². The van der Waals surface area contributed by atoms with Gasteiger partial charge in [-0.1, -0.05) is 44.7 Å². The van der Waals surface area contributed by atoms with Crippen molar-refractivity contribution in [3.8, 4) is 5.75 Å². The molecule has 0 spiro atoms. The molecule has 29 heavy (non-hydrogen) atoms. The number of methoxy groups -OCH3 is 1. The predicted molar refractivity (Wildman–Crippen MR) is 123 cm³/mol. The highest BCUT2D eigenvalue weighted by molar-refractivity contribution is 5.30. The fraction of sp³-hybridized carbons (Fsp3) is 0.778. The third-order valence-electron chi connectivity index (χ3n) is 7.78. The summed E-state index contributed by atoms with van der Waals surface area (Å²) in [7, 11) is 1.76. The van der Waals surface area contributed by atoms with Gasteiger partial charge in [-0.05, 0) is 93.7 Å². The molecule has 0 aliphatic heterocycles. The van der Waals surface area contributed by atoms with Crippen LogP contribution in [0.2, 0.25) is 0 Å². The van der Waals surface area contributed by atoms with Gasteiger partial charge in [0.2, 0.25) is 0 Å². The van der Waals surface area contributed by atoms with E-state index in [4.69, 9.17) is 9.47 Å². The van der Waals surface area contributed by atoms with Crippen LogP contribution in [-0.4, -0.2) is 19.3 Å². The smallest absolute Gasteiger partial charge is 0.119 e. The summed E-state index contributed by atoms with van der Waals surface area (Å²) >= 11 is 0. The number of benzene rings is 1. The average Bonchev–Trinajstić information content (AvgIpc) is 2.75. The van der Waals surface area contributed by atoms with Gasteiger partial charge in [0, 0.05) is 13.5 Å². The van der Waals surface area contributed by atoms with Gasteiger partial charge in [0.25, 0.3) is 0 Å². The highest BCUT2D eigenvalue weighted by Crippen LogP contribution is 2.44. The third-order valence-corrected chi connectivity index (χ3v) is 7.78. The minimum Gasteiger partial charge on any atom is -0.491 e. The molecule has 0 bridgehead atoms. The Hall–Kier alpha value is -1.02. The SMILES string of the molecule is CCCC1CCC(C2CCC(c3ccc(O[C@H](C)C[C@H](C)OC)cc3)CC2)CC1. The molecular formula is C27H44O2. The van der Waals surface area contributed by atoms with E-state index < -0.39 is 0 Å². The minimum atomic E-state index is 0.179. The number of rotatable bonds is 9. The zero-order chi connectivity index (χ0) is 20.6. The molecule has 1 aromatic carbocycles. The van der Waals surface area contributed by atoms with Crippen molar-refractivity contribution in [1.82, 2.24) is 0 Å². The topological polar surface area (TPSA) is 18.5 Å². The van der Waals surface area contributed by atoms with E-state index >= 15 is 0 Å². The summed E-state index contributed by atoms with van der Waals surface area (Å²) in [6, 6.07) is 8.96. The molecule has 0 unspecified atom stereocenters. The molecule has 2 aliphatic carbocycles. The summed E-state index contributed by atoms with van der Waals surface area (Å²) in [4.78, 5) is 0. The first-order valence-corrected chi connectivity index (χ1v) is 12.4. The van der Waals surface area contributed by atoms with Gasteiger partial charge in [-0.3, -0.25) is 0 Å². The molecule has 2 fully saturated rings. The first-order chi connectivity index (χ1) is 14.1. The van der Waals surface area contributed by atoms with Crippen LogP contribution in [0.1, 0.15) is 103 Å². The lowest BCUT2D eigenvalue weighted by Crippen LogP contribution is -2.25. The van der Waals surface area contributed by atoms with Gasteiger partial charge in [0.05, 0.1) is 12.2 Å². The van der Waals surface area contributed by atoms with Gasteiger partial charge in [-0.2, -0.15) is 0 Å². The lowest BCUT2D eigenvalue weighted by Gasteiger charge is -2.38. The highest BCUT2D eigenvalue weighted by Gasteiger charge is 2.31. The zero-order valence-corrected chi connectivity index (χ0v) is 19.4. The summed E-state index contributed by atoms with van der Waals surface area (Å²) in [6.45, 7) is 6.56. The summed E-state index contributed by atoms with van der Waals surface area (Å²) in [5.41, 5.74) is 1.51. The third kappa shape index (κ3) is 6.74. The van der Waals surface area contributed by atoms with E-state index in [0.29, 0.717) is 0 Å². The highest BCUT2D eigenvalue weighted by atomic mass is 16.5. The van der Waals surface area contributed by atoms with E-state index in [0.717, 1.165) is 35.8 Å². The van der Waals surface area contributed by atoms with Crippen molar-refractivity contribution in [2.75, 3.05) is 7.11 Å². The summed E-state index contributed by atoms with van der Waals surface area (Å²) in [5, 5.41) is 0. The fourth-order valence-corrected chi connectivity index (χ4v) is 5.94. The van der Waals surface area contributed by atoms with E-state index in [1.54, 1.807) is 7.11 Å². The molecule has 2 nitrogen and oxygen atoms in total. The van der Waals surface area contributed by atoms with E-state index in [1.807, 2.05) is 0 Å². The summed E-state index contributed by atoms with van der Waals surface area (Å²) < 4.78 is 11.4. The summed E-state index contributed by atoms with van der Waals surface area (Å²) in [5.74, 6) is 4.80. The van der Waals surface area contributed by atoms with Gasteiger partial charge < -0.3 is 9.47 Å². The van der Waals surface area contributed by atoms with Crippen molar-refractivity contribution in [3.05, 3.63) is 29.8 Å². The van der Waals surface area contributed by atoms with Crippen LogP contribution in [-0.2, 0) is 4.74 Å². The molecule has 0 radical (unpaired) electrons. The molecule has 0 aromatic heterocycles. The van der Waals surface area contributed by atoms with Crippen LogP contribution in [0.4, 0.5) is 0 Å². The quantitative estimate of drug-likeness (QED) is 0.421. The molecule has 0 saturated heterocycles. The molecule has 2 heteroatoms. The molecule has 0 heterocycles. The van der Waals surface area contributed by atoms with Crippen LogP contribution >= 0.6 is 0 Å². The Kier molecular flexibility index (Phi) is 8.90. The molecule has 2 aliphatic rings. The molecule has 3 rings (SSSR count). The van der Waals surface area contributed by atoms with Crippen molar-refractivity contribution < 1.29 is 9.47 Å². The van der Waals surface area contributed by atoms with Gasteiger partial charge >= 0.3 is 0 Å². The van der Waals surface area contributed by atoms with Crippen molar-refractivity contribution in [2.24, 2.45) is 17.8 Å². The molecular weight excluding hydrogens is 356 g/mol. The largest absolute Gasteiger partial charge is 0.491 e. The summed E-state index contributed by atoms with van der Waals surface area (Å²) in [6.07, 6.45) is 15.8. The van der Waals surface area contributed by atoms with Crippen molar-refractivity contribution in [2.45, 2.75) is 110 Å². The first kappa shape index (κ1) is 22.7. The lowest BCUT2D eigenvalue weighted by atomic mass is 9.68. The van der Waals surface area contributed by atoms with Crippen LogP contribution < -0.4 is 4.74 Å². The Balaban J connectivity index is 1.43. The second kappa shape index (κ2) is 11.4. The molecule has 0 N–H and O–H groups in total. The lowest BCUT2D eigenvalue weighted by molar-refractivity contribution is 0.0719. The Morgan fingerprint density at radius 2 is 1.41 bits per heavy atom. The molecule has 2 atom stereocenters. The maximum Gasteiger partial charge on any atom is 0.119 e. The van der Waals surface area contributed by atoms with Crippen LogP contribution in [0, 0.1) is 17.8 Å². The van der Waals surface area contributed by atoms with Gasteiger partial charge in [-0.15, -0.1) is 0 Å². The number of hydrogen-bond acceptors (Lipinski definition) is 2. The van der Waals surface area contributed by atoms with Gasteiger partial charge in [0.15, 0.2) is 0 Å². The second-order valence-electron chi connectivity index (χ2n) is 9.96. The van der Waals surface area contributed by atoms with Crippen molar-refractivity contribution >= 4 is 0 Å². The van der Waals surface area contributed by atoms with Crippen LogP contribution in [0.5, 0.6) is 5.75 Å². The Morgan fingerprint density at radius 3 is 1.97 bits per heavy atom. The zero-order valence-electron chi connectivity index (χ0n) is 19.4. The Labute approximate surface area is 179 Å². The monoisotopic (exact) mass is 400 g/mol. The first-order valence-electron chi connectivity index (χ1n) is 12.4.